The molecule has 1 fully saturated rings. The molecule has 2 rings (SSSR count). The van der Waals surface area contributed by atoms with Crippen LogP contribution in [0.15, 0.2) is 29.3 Å². The Hall–Kier alpha value is -1.83. The van der Waals surface area contributed by atoms with Gasteiger partial charge in [-0.05, 0) is 44.6 Å². The molecule has 0 atom stereocenters. The summed E-state index contributed by atoms with van der Waals surface area (Å²) in [5.41, 5.74) is 1.24. The molecule has 30 heavy (non-hydrogen) atoms. The minimum atomic E-state index is 0.0471. The molecule has 1 aromatic carbocycles. The minimum absolute atomic E-state index is 0.0471. The summed E-state index contributed by atoms with van der Waals surface area (Å²) in [6, 6.07) is 8.28. The number of ether oxygens (including phenoxy) is 2. The van der Waals surface area contributed by atoms with Gasteiger partial charge in [0.15, 0.2) is 5.96 Å². The van der Waals surface area contributed by atoms with Crippen molar-refractivity contribution in [2.75, 3.05) is 66.1 Å². The topological polar surface area (TPSA) is 61.4 Å². The van der Waals surface area contributed by atoms with Gasteiger partial charge in [0.1, 0.15) is 12.4 Å². The Balaban J connectivity index is 1.73. The normalized spacial score (nSPS) is 16.0. The lowest BCUT2D eigenvalue weighted by molar-refractivity contribution is -0.00834. The third-order valence-corrected chi connectivity index (χ3v) is 5.73. The van der Waals surface area contributed by atoms with E-state index in [9.17, 15) is 0 Å². The molecule has 0 unspecified atom stereocenters. The van der Waals surface area contributed by atoms with Crippen LogP contribution in [-0.2, 0) is 11.3 Å². The number of hydrogen-bond acceptors (Lipinski definition) is 5. The third kappa shape index (κ3) is 8.13. The van der Waals surface area contributed by atoms with E-state index in [2.05, 4.69) is 65.3 Å². The van der Waals surface area contributed by atoms with Gasteiger partial charge in [0, 0.05) is 45.3 Å². The van der Waals surface area contributed by atoms with Gasteiger partial charge in [0.2, 0.25) is 0 Å². The standard InChI is InChI=1S/C23H41N5O2/c1-6-27(7-2)12-17-30-21-10-8-20(9-11-21)18-25-22(24-5)26-19-23(3,4)28-13-15-29-16-14-28/h8-11H,6-7,12-19H2,1-5H3,(H2,24,25,26). The predicted octanol–water partition coefficient (Wildman–Crippen LogP) is 2.18. The molecule has 0 bridgehead atoms. The van der Waals surface area contributed by atoms with Gasteiger partial charge < -0.3 is 25.0 Å². The SMILES string of the molecule is CCN(CC)CCOc1ccc(CNC(=NC)NCC(C)(C)N2CCOCC2)cc1. The fraction of sp³-hybridized carbons (Fsp3) is 0.696. The van der Waals surface area contributed by atoms with Crippen LogP contribution in [0, 0.1) is 0 Å². The second-order valence-corrected chi connectivity index (χ2v) is 8.21. The van der Waals surface area contributed by atoms with Crippen LogP contribution < -0.4 is 15.4 Å². The highest BCUT2D eigenvalue weighted by Crippen LogP contribution is 2.15. The Kier molecular flexibility index (Phi) is 10.4. The summed E-state index contributed by atoms with van der Waals surface area (Å²) in [5, 5.41) is 6.87. The number of morpholine rings is 1. The van der Waals surface area contributed by atoms with E-state index < -0.39 is 0 Å². The summed E-state index contributed by atoms with van der Waals surface area (Å²) in [7, 11) is 1.81. The maximum atomic E-state index is 5.86. The zero-order valence-electron chi connectivity index (χ0n) is 19.5. The van der Waals surface area contributed by atoms with E-state index in [1.54, 1.807) is 0 Å². The molecule has 0 spiro atoms. The molecule has 7 heteroatoms. The molecular formula is C23H41N5O2. The van der Waals surface area contributed by atoms with Gasteiger partial charge >= 0.3 is 0 Å². The zero-order chi connectivity index (χ0) is 21.8. The zero-order valence-corrected chi connectivity index (χ0v) is 19.5. The van der Waals surface area contributed by atoms with Crippen molar-refractivity contribution < 1.29 is 9.47 Å². The maximum absolute atomic E-state index is 5.86. The van der Waals surface area contributed by atoms with E-state index in [1.807, 2.05) is 19.2 Å². The van der Waals surface area contributed by atoms with Crippen LogP contribution in [0.4, 0.5) is 0 Å². The number of benzene rings is 1. The van der Waals surface area contributed by atoms with Crippen molar-refractivity contribution in [3.05, 3.63) is 29.8 Å². The number of guanidine groups is 1. The molecule has 1 aromatic rings. The molecule has 1 saturated heterocycles. The quantitative estimate of drug-likeness (QED) is 0.424. The Morgan fingerprint density at radius 3 is 2.40 bits per heavy atom. The third-order valence-electron chi connectivity index (χ3n) is 5.73. The van der Waals surface area contributed by atoms with Crippen molar-refractivity contribution in [2.45, 2.75) is 39.8 Å². The van der Waals surface area contributed by atoms with E-state index in [-0.39, 0.29) is 5.54 Å². The molecular weight excluding hydrogens is 378 g/mol. The Morgan fingerprint density at radius 2 is 1.80 bits per heavy atom. The van der Waals surface area contributed by atoms with E-state index in [0.29, 0.717) is 0 Å². The van der Waals surface area contributed by atoms with Gasteiger partial charge in [0.25, 0.3) is 0 Å². The van der Waals surface area contributed by atoms with Crippen molar-refractivity contribution in [1.29, 1.82) is 0 Å². The van der Waals surface area contributed by atoms with Gasteiger partial charge in [-0.1, -0.05) is 26.0 Å². The fourth-order valence-electron chi connectivity index (χ4n) is 3.52. The highest BCUT2D eigenvalue weighted by molar-refractivity contribution is 5.79. The molecule has 170 valence electrons. The van der Waals surface area contributed by atoms with Gasteiger partial charge in [0.05, 0.1) is 13.2 Å². The van der Waals surface area contributed by atoms with Crippen molar-refractivity contribution in [1.82, 2.24) is 20.4 Å². The van der Waals surface area contributed by atoms with Crippen molar-refractivity contribution in [3.8, 4) is 5.75 Å². The predicted molar refractivity (Wildman–Crippen MR) is 124 cm³/mol. The lowest BCUT2D eigenvalue weighted by Crippen LogP contribution is -2.56. The van der Waals surface area contributed by atoms with E-state index in [1.165, 1.54) is 5.56 Å². The second-order valence-electron chi connectivity index (χ2n) is 8.21. The fourth-order valence-corrected chi connectivity index (χ4v) is 3.52. The van der Waals surface area contributed by atoms with Gasteiger partial charge in [-0.15, -0.1) is 0 Å². The molecule has 7 nitrogen and oxygen atoms in total. The number of likely N-dealkylation sites (N-methyl/N-ethyl adjacent to an activating group) is 1. The number of aliphatic imine (C=N–C) groups is 1. The van der Waals surface area contributed by atoms with Crippen LogP contribution in [0.25, 0.3) is 0 Å². The maximum Gasteiger partial charge on any atom is 0.191 e. The van der Waals surface area contributed by atoms with Gasteiger partial charge in [-0.2, -0.15) is 0 Å². The lowest BCUT2D eigenvalue weighted by atomic mass is 10.0. The number of hydrogen-bond donors (Lipinski definition) is 2. The Labute approximate surface area is 182 Å². The molecule has 0 aromatic heterocycles. The molecule has 1 heterocycles. The molecule has 0 radical (unpaired) electrons. The van der Waals surface area contributed by atoms with E-state index in [0.717, 1.165) is 77.3 Å². The van der Waals surface area contributed by atoms with Crippen LogP contribution >= 0.6 is 0 Å². The first kappa shape index (κ1) is 24.4. The van der Waals surface area contributed by atoms with E-state index >= 15 is 0 Å². The summed E-state index contributed by atoms with van der Waals surface area (Å²) < 4.78 is 11.3. The Morgan fingerprint density at radius 1 is 1.13 bits per heavy atom. The molecule has 1 aliphatic heterocycles. The van der Waals surface area contributed by atoms with Gasteiger partial charge in [-0.25, -0.2) is 0 Å². The highest BCUT2D eigenvalue weighted by atomic mass is 16.5. The first-order chi connectivity index (χ1) is 14.5. The summed E-state index contributed by atoms with van der Waals surface area (Å²) in [6.45, 7) is 17.8. The molecule has 0 amide bonds. The van der Waals surface area contributed by atoms with Crippen LogP contribution in [0.5, 0.6) is 5.75 Å². The van der Waals surface area contributed by atoms with Crippen molar-refractivity contribution in [2.24, 2.45) is 4.99 Å². The van der Waals surface area contributed by atoms with Crippen LogP contribution in [0.3, 0.4) is 0 Å². The average Bonchev–Trinajstić information content (AvgIpc) is 2.78. The van der Waals surface area contributed by atoms with Crippen molar-refractivity contribution in [3.63, 3.8) is 0 Å². The summed E-state index contributed by atoms with van der Waals surface area (Å²) in [5.74, 6) is 1.73. The smallest absolute Gasteiger partial charge is 0.191 e. The second kappa shape index (κ2) is 12.8. The minimum Gasteiger partial charge on any atom is -0.492 e. The Bertz CT molecular complexity index is 623. The van der Waals surface area contributed by atoms with Crippen LogP contribution in [0.2, 0.25) is 0 Å². The van der Waals surface area contributed by atoms with E-state index in [4.69, 9.17) is 9.47 Å². The molecule has 0 aliphatic carbocycles. The largest absolute Gasteiger partial charge is 0.492 e. The lowest BCUT2D eigenvalue weighted by Gasteiger charge is -2.41. The molecule has 0 saturated carbocycles. The summed E-state index contributed by atoms with van der Waals surface area (Å²) in [6.07, 6.45) is 0. The summed E-state index contributed by atoms with van der Waals surface area (Å²) >= 11 is 0. The van der Waals surface area contributed by atoms with Gasteiger partial charge in [-0.3, -0.25) is 9.89 Å². The monoisotopic (exact) mass is 419 g/mol. The number of nitrogens with one attached hydrogen (secondary N) is 2. The molecule has 2 N–H and O–H groups in total. The highest BCUT2D eigenvalue weighted by Gasteiger charge is 2.28. The average molecular weight is 420 g/mol. The van der Waals surface area contributed by atoms with Crippen LogP contribution in [-0.4, -0.2) is 87.4 Å². The van der Waals surface area contributed by atoms with Crippen molar-refractivity contribution >= 4 is 5.96 Å². The first-order valence-electron chi connectivity index (χ1n) is 11.2. The first-order valence-corrected chi connectivity index (χ1v) is 11.2. The van der Waals surface area contributed by atoms with Crippen LogP contribution in [0.1, 0.15) is 33.3 Å². The number of nitrogens with zero attached hydrogens (tertiary/aromatic N) is 3. The number of rotatable bonds is 11. The summed E-state index contributed by atoms with van der Waals surface area (Å²) in [4.78, 5) is 9.19. The molecule has 1 aliphatic rings.